The Labute approximate surface area is 79.9 Å². The number of hydrogen-bond acceptors (Lipinski definition) is 2. The molecule has 0 bridgehead atoms. The van der Waals surface area contributed by atoms with Gasteiger partial charge in [-0.25, -0.2) is 4.79 Å². The van der Waals surface area contributed by atoms with Crippen molar-refractivity contribution in [2.24, 2.45) is 0 Å². The van der Waals surface area contributed by atoms with Crippen molar-refractivity contribution in [2.75, 3.05) is 0 Å². The van der Waals surface area contributed by atoms with Crippen molar-refractivity contribution in [3.63, 3.8) is 0 Å². The summed E-state index contributed by atoms with van der Waals surface area (Å²) in [6, 6.07) is 4.46. The minimum Gasteiger partial charge on any atom is -0.506 e. The number of carbonyl (C=O) groups is 1. The lowest BCUT2D eigenvalue weighted by molar-refractivity contribution is -0.130. The Morgan fingerprint density at radius 3 is 2.62 bits per heavy atom. The van der Waals surface area contributed by atoms with Crippen molar-refractivity contribution in [3.8, 4) is 5.75 Å². The smallest absolute Gasteiger partial charge is 0.335 e. The summed E-state index contributed by atoms with van der Waals surface area (Å²) in [4.78, 5) is 10.5. The fourth-order valence-electron chi connectivity index (χ4n) is 0.874. The molecule has 0 radical (unpaired) electrons. The highest BCUT2D eigenvalue weighted by Gasteiger charge is 2.13. The van der Waals surface area contributed by atoms with Crippen LogP contribution in [0.1, 0.15) is 5.56 Å². The van der Waals surface area contributed by atoms with Gasteiger partial charge in [-0.3, -0.25) is 0 Å². The molecule has 0 saturated carbocycles. The number of phenolic OH excluding ortho intramolecular Hbond substituents is 1. The Kier molecular flexibility index (Phi) is 2.58. The lowest BCUT2D eigenvalue weighted by atomic mass is 10.1. The number of carboxylic acids is 1. The van der Waals surface area contributed by atoms with Gasteiger partial charge in [-0.15, -0.1) is 0 Å². The summed E-state index contributed by atoms with van der Waals surface area (Å²) < 4.78 is 0. The third kappa shape index (κ3) is 1.81. The number of rotatable bonds is 2. The molecule has 0 saturated heterocycles. The first-order valence-corrected chi connectivity index (χ1v) is 3.82. The molecule has 0 aliphatic heterocycles. The minimum absolute atomic E-state index is 0.111. The highest BCUT2D eigenvalue weighted by Crippen LogP contribution is 2.31. The Balaban J connectivity index is 3.23. The van der Waals surface area contributed by atoms with Gasteiger partial charge < -0.3 is 10.2 Å². The van der Waals surface area contributed by atoms with Gasteiger partial charge in [0, 0.05) is 5.56 Å². The van der Waals surface area contributed by atoms with Crippen molar-refractivity contribution in [3.05, 3.63) is 35.4 Å². The Hall–Kier alpha value is -1.48. The molecule has 2 N–H and O–H groups in total. The van der Waals surface area contributed by atoms with Crippen LogP contribution in [0, 0.1) is 0 Å². The van der Waals surface area contributed by atoms with E-state index in [9.17, 15) is 9.90 Å². The third-order valence-corrected chi connectivity index (χ3v) is 1.88. The average Bonchev–Trinajstić information content (AvgIpc) is 2.08. The summed E-state index contributed by atoms with van der Waals surface area (Å²) in [6.07, 6.45) is 0. The van der Waals surface area contributed by atoms with Crippen LogP contribution in [-0.4, -0.2) is 16.2 Å². The van der Waals surface area contributed by atoms with E-state index in [1.54, 1.807) is 6.07 Å². The van der Waals surface area contributed by atoms with E-state index in [0.29, 0.717) is 0 Å². The van der Waals surface area contributed by atoms with E-state index in [2.05, 4.69) is 6.58 Å². The summed E-state index contributed by atoms with van der Waals surface area (Å²) in [5, 5.41) is 18.1. The Morgan fingerprint density at radius 2 is 2.08 bits per heavy atom. The molecule has 0 aliphatic carbocycles. The van der Waals surface area contributed by atoms with Crippen molar-refractivity contribution in [2.45, 2.75) is 0 Å². The van der Waals surface area contributed by atoms with Crippen molar-refractivity contribution < 1.29 is 15.0 Å². The summed E-state index contributed by atoms with van der Waals surface area (Å²) in [5.41, 5.74) is -0.0417. The van der Waals surface area contributed by atoms with Gasteiger partial charge in [-0.1, -0.05) is 30.3 Å². The highest BCUT2D eigenvalue weighted by molar-refractivity contribution is 6.32. The molecular weight excluding hydrogens is 192 g/mol. The van der Waals surface area contributed by atoms with Crippen LogP contribution in [0.2, 0.25) is 5.02 Å². The molecule has 1 rings (SSSR count). The minimum atomic E-state index is -1.18. The fourth-order valence-corrected chi connectivity index (χ4v) is 1.05. The van der Waals surface area contributed by atoms with E-state index < -0.39 is 5.97 Å². The number of carboxylic acid groups (broad SMARTS) is 1. The van der Waals surface area contributed by atoms with Crippen molar-refractivity contribution in [1.82, 2.24) is 0 Å². The number of phenols is 1. The maximum Gasteiger partial charge on any atom is 0.335 e. The molecule has 1 aromatic rings. The molecule has 3 nitrogen and oxygen atoms in total. The van der Waals surface area contributed by atoms with Crippen molar-refractivity contribution in [1.29, 1.82) is 0 Å². The largest absolute Gasteiger partial charge is 0.506 e. The monoisotopic (exact) mass is 198 g/mol. The maximum atomic E-state index is 10.5. The number of para-hydroxylation sites is 1. The van der Waals surface area contributed by atoms with Gasteiger partial charge >= 0.3 is 5.97 Å². The van der Waals surface area contributed by atoms with Crippen LogP contribution in [0.3, 0.4) is 0 Å². The van der Waals surface area contributed by atoms with E-state index in [4.69, 9.17) is 16.7 Å². The molecule has 0 amide bonds. The van der Waals surface area contributed by atoms with Crippen LogP contribution in [-0.2, 0) is 4.79 Å². The molecule has 0 aliphatic rings. The number of aromatic hydroxyl groups is 1. The second-order valence-electron chi connectivity index (χ2n) is 2.42. The Morgan fingerprint density at radius 1 is 1.46 bits per heavy atom. The highest BCUT2D eigenvalue weighted by atomic mass is 35.5. The predicted molar refractivity (Wildman–Crippen MR) is 49.8 cm³/mol. The molecule has 4 heteroatoms. The van der Waals surface area contributed by atoms with Gasteiger partial charge in [0.25, 0.3) is 0 Å². The van der Waals surface area contributed by atoms with Gasteiger partial charge in [-0.05, 0) is 6.07 Å². The quantitative estimate of drug-likeness (QED) is 0.716. The van der Waals surface area contributed by atoms with E-state index in [-0.39, 0.29) is 21.9 Å². The summed E-state index contributed by atoms with van der Waals surface area (Å²) >= 11 is 5.58. The molecular formula is C9H7ClO3. The lowest BCUT2D eigenvalue weighted by Gasteiger charge is -2.04. The average molecular weight is 199 g/mol. The van der Waals surface area contributed by atoms with Crippen LogP contribution in [0.25, 0.3) is 5.57 Å². The number of hydrogen-bond donors (Lipinski definition) is 2. The van der Waals surface area contributed by atoms with E-state index >= 15 is 0 Å². The zero-order valence-corrected chi connectivity index (χ0v) is 7.38. The van der Waals surface area contributed by atoms with Gasteiger partial charge in [0.05, 0.1) is 10.6 Å². The number of benzene rings is 1. The van der Waals surface area contributed by atoms with Crippen LogP contribution in [0.5, 0.6) is 5.75 Å². The second-order valence-corrected chi connectivity index (χ2v) is 2.83. The van der Waals surface area contributed by atoms with Gasteiger partial charge in [0.15, 0.2) is 0 Å². The van der Waals surface area contributed by atoms with Crippen LogP contribution >= 0.6 is 11.6 Å². The molecule has 0 atom stereocenters. The van der Waals surface area contributed by atoms with Crippen molar-refractivity contribution >= 4 is 23.1 Å². The van der Waals surface area contributed by atoms with Crippen LogP contribution in [0.15, 0.2) is 24.8 Å². The molecule has 0 unspecified atom stereocenters. The predicted octanol–water partition coefficient (Wildman–Crippen LogP) is 2.14. The first-order chi connectivity index (χ1) is 6.04. The molecule has 0 aromatic heterocycles. The van der Waals surface area contributed by atoms with E-state index in [0.717, 1.165) is 0 Å². The standard InChI is InChI=1S/C9H7ClO3/c1-5(9(12)13)6-3-2-4-7(10)8(6)11/h2-4,11H,1H2,(H,12,13). The SMILES string of the molecule is C=C(C(=O)O)c1cccc(Cl)c1O. The van der Waals surface area contributed by atoms with E-state index in [1.807, 2.05) is 0 Å². The molecule has 1 aromatic carbocycles. The van der Waals surface area contributed by atoms with E-state index in [1.165, 1.54) is 12.1 Å². The van der Waals surface area contributed by atoms with Crippen LogP contribution < -0.4 is 0 Å². The normalized spacial score (nSPS) is 9.62. The summed E-state index contributed by atoms with van der Waals surface area (Å²) in [5.74, 6) is -1.44. The first kappa shape index (κ1) is 9.61. The summed E-state index contributed by atoms with van der Waals surface area (Å²) in [7, 11) is 0. The second kappa shape index (κ2) is 3.49. The molecule has 68 valence electrons. The van der Waals surface area contributed by atoms with Crippen LogP contribution in [0.4, 0.5) is 0 Å². The fraction of sp³-hybridized carbons (Fsp3) is 0. The number of halogens is 1. The first-order valence-electron chi connectivity index (χ1n) is 3.44. The molecule has 13 heavy (non-hydrogen) atoms. The zero-order valence-electron chi connectivity index (χ0n) is 6.62. The summed E-state index contributed by atoms with van der Waals surface area (Å²) in [6.45, 7) is 3.31. The molecule has 0 fully saturated rings. The number of aliphatic carboxylic acids is 1. The molecule has 0 spiro atoms. The Bertz CT molecular complexity index is 371. The van der Waals surface area contributed by atoms with Gasteiger partial charge in [-0.2, -0.15) is 0 Å². The maximum absolute atomic E-state index is 10.5. The third-order valence-electron chi connectivity index (χ3n) is 1.57. The van der Waals surface area contributed by atoms with Gasteiger partial charge in [0.2, 0.25) is 0 Å². The van der Waals surface area contributed by atoms with Gasteiger partial charge in [0.1, 0.15) is 5.75 Å². The topological polar surface area (TPSA) is 57.5 Å². The lowest BCUT2D eigenvalue weighted by Crippen LogP contribution is -1.98. The molecule has 0 heterocycles. The zero-order chi connectivity index (χ0) is 10.0.